The molecule has 0 unspecified atom stereocenters. The maximum Gasteiger partial charge on any atom is 0.342 e. The Balaban J connectivity index is 2.42. The van der Waals surface area contributed by atoms with E-state index in [4.69, 9.17) is 9.15 Å². The van der Waals surface area contributed by atoms with E-state index in [1.807, 2.05) is 45.9 Å². The zero-order valence-corrected chi connectivity index (χ0v) is 10.5. The van der Waals surface area contributed by atoms with Crippen molar-refractivity contribution in [1.82, 2.24) is 0 Å². The molecular formula is C14H16O3. The summed E-state index contributed by atoms with van der Waals surface area (Å²) >= 11 is 0. The van der Waals surface area contributed by atoms with E-state index in [0.29, 0.717) is 11.1 Å². The molecule has 0 atom stereocenters. The molecule has 2 aromatic rings. The van der Waals surface area contributed by atoms with Crippen molar-refractivity contribution in [2.75, 3.05) is 0 Å². The molecule has 0 spiro atoms. The summed E-state index contributed by atoms with van der Waals surface area (Å²) in [6.07, 6.45) is 1.46. The fourth-order valence-electron chi connectivity index (χ4n) is 1.63. The van der Waals surface area contributed by atoms with Gasteiger partial charge < -0.3 is 9.15 Å². The molecule has 1 aromatic carbocycles. The van der Waals surface area contributed by atoms with Crippen molar-refractivity contribution in [3.8, 4) is 0 Å². The van der Waals surface area contributed by atoms with E-state index in [0.717, 1.165) is 10.9 Å². The minimum atomic E-state index is -0.496. The first-order chi connectivity index (χ1) is 7.87. The molecule has 2 rings (SSSR count). The molecule has 17 heavy (non-hydrogen) atoms. The number of benzene rings is 1. The van der Waals surface area contributed by atoms with Gasteiger partial charge in [0.25, 0.3) is 0 Å². The Hall–Kier alpha value is -1.77. The Kier molecular flexibility index (Phi) is 2.69. The molecule has 0 aliphatic rings. The van der Waals surface area contributed by atoms with Crippen LogP contribution in [-0.2, 0) is 4.74 Å². The van der Waals surface area contributed by atoms with Crippen LogP contribution in [0.2, 0.25) is 0 Å². The fourth-order valence-corrected chi connectivity index (χ4v) is 1.63. The van der Waals surface area contributed by atoms with Crippen molar-refractivity contribution >= 4 is 16.9 Å². The van der Waals surface area contributed by atoms with Crippen LogP contribution in [-0.4, -0.2) is 11.6 Å². The normalized spacial score (nSPS) is 11.8. The quantitative estimate of drug-likeness (QED) is 0.704. The first-order valence-electron chi connectivity index (χ1n) is 5.58. The number of ether oxygens (including phenoxy) is 1. The lowest BCUT2D eigenvalue weighted by atomic mass is 10.1. The van der Waals surface area contributed by atoms with Gasteiger partial charge in [-0.05, 0) is 39.8 Å². The maximum absolute atomic E-state index is 12.0. The average Bonchev–Trinajstić information content (AvgIpc) is 2.57. The Morgan fingerprint density at radius 3 is 2.65 bits per heavy atom. The molecular weight excluding hydrogens is 216 g/mol. The van der Waals surface area contributed by atoms with Gasteiger partial charge in [0.1, 0.15) is 23.0 Å². The molecule has 0 radical (unpaired) electrons. The second-order valence-electron chi connectivity index (χ2n) is 5.15. The summed E-state index contributed by atoms with van der Waals surface area (Å²) in [7, 11) is 0. The van der Waals surface area contributed by atoms with Gasteiger partial charge in [-0.1, -0.05) is 11.6 Å². The van der Waals surface area contributed by atoms with Crippen LogP contribution in [0.5, 0.6) is 0 Å². The lowest BCUT2D eigenvalue weighted by molar-refractivity contribution is 0.00709. The number of furan rings is 1. The van der Waals surface area contributed by atoms with Gasteiger partial charge in [-0.3, -0.25) is 0 Å². The zero-order valence-electron chi connectivity index (χ0n) is 10.5. The number of carbonyl (C=O) groups excluding carboxylic acids is 1. The molecule has 3 nitrogen and oxygen atoms in total. The number of hydrogen-bond acceptors (Lipinski definition) is 3. The van der Waals surface area contributed by atoms with Crippen LogP contribution in [0.1, 0.15) is 36.7 Å². The molecule has 90 valence electrons. The van der Waals surface area contributed by atoms with Gasteiger partial charge in [0.2, 0.25) is 0 Å². The highest BCUT2D eigenvalue weighted by molar-refractivity contribution is 6.03. The van der Waals surface area contributed by atoms with Crippen molar-refractivity contribution < 1.29 is 13.9 Å². The van der Waals surface area contributed by atoms with Crippen molar-refractivity contribution in [2.45, 2.75) is 33.3 Å². The number of rotatable bonds is 1. The minimum Gasteiger partial charge on any atom is -0.463 e. The highest BCUT2D eigenvalue weighted by Crippen LogP contribution is 2.24. The average molecular weight is 232 g/mol. The van der Waals surface area contributed by atoms with Gasteiger partial charge in [-0.2, -0.15) is 0 Å². The summed E-state index contributed by atoms with van der Waals surface area (Å²) in [4.78, 5) is 12.0. The molecule has 3 heteroatoms. The molecule has 0 saturated carbocycles. The SMILES string of the molecule is Cc1ccc2occ(C(=O)OC(C)(C)C)c2c1. The molecule has 0 amide bonds. The van der Waals surface area contributed by atoms with Crippen LogP contribution in [0.15, 0.2) is 28.9 Å². The van der Waals surface area contributed by atoms with Gasteiger partial charge >= 0.3 is 5.97 Å². The number of hydrogen-bond donors (Lipinski definition) is 0. The van der Waals surface area contributed by atoms with Crippen LogP contribution in [0.25, 0.3) is 11.0 Å². The molecule has 0 fully saturated rings. The van der Waals surface area contributed by atoms with E-state index >= 15 is 0 Å². The number of carbonyl (C=O) groups is 1. The predicted octanol–water partition coefficient (Wildman–Crippen LogP) is 3.70. The highest BCUT2D eigenvalue weighted by atomic mass is 16.6. The van der Waals surface area contributed by atoms with Crippen molar-refractivity contribution in [3.63, 3.8) is 0 Å². The maximum atomic E-state index is 12.0. The summed E-state index contributed by atoms with van der Waals surface area (Å²) in [5, 5.41) is 0.805. The van der Waals surface area contributed by atoms with Crippen molar-refractivity contribution in [2.24, 2.45) is 0 Å². The fraction of sp³-hybridized carbons (Fsp3) is 0.357. The van der Waals surface area contributed by atoms with Gasteiger partial charge in [0.05, 0.1) is 0 Å². The lowest BCUT2D eigenvalue weighted by Crippen LogP contribution is -2.23. The van der Waals surface area contributed by atoms with E-state index in [9.17, 15) is 4.79 Å². The summed E-state index contributed by atoms with van der Waals surface area (Å²) in [6, 6.07) is 5.74. The second kappa shape index (κ2) is 3.91. The Morgan fingerprint density at radius 2 is 2.00 bits per heavy atom. The number of fused-ring (bicyclic) bond motifs is 1. The van der Waals surface area contributed by atoms with E-state index in [2.05, 4.69) is 0 Å². The molecule has 0 bridgehead atoms. The second-order valence-corrected chi connectivity index (χ2v) is 5.15. The molecule has 1 heterocycles. The first-order valence-corrected chi connectivity index (χ1v) is 5.58. The van der Waals surface area contributed by atoms with Gasteiger partial charge in [-0.25, -0.2) is 4.79 Å². The lowest BCUT2D eigenvalue weighted by Gasteiger charge is -2.18. The van der Waals surface area contributed by atoms with Gasteiger partial charge in [0, 0.05) is 5.39 Å². The minimum absolute atomic E-state index is 0.346. The van der Waals surface area contributed by atoms with Crippen LogP contribution in [0.3, 0.4) is 0 Å². The molecule has 0 N–H and O–H groups in total. The van der Waals surface area contributed by atoms with E-state index in [-0.39, 0.29) is 5.97 Å². The van der Waals surface area contributed by atoms with Crippen molar-refractivity contribution in [3.05, 3.63) is 35.6 Å². The molecule has 0 saturated heterocycles. The standard InChI is InChI=1S/C14H16O3/c1-9-5-6-12-10(7-9)11(8-16-12)13(15)17-14(2,3)4/h5-8H,1-4H3. The predicted molar refractivity (Wildman–Crippen MR) is 66.1 cm³/mol. The van der Waals surface area contributed by atoms with E-state index in [1.165, 1.54) is 6.26 Å². The van der Waals surface area contributed by atoms with Crippen LogP contribution >= 0.6 is 0 Å². The Labute approximate surface area is 100 Å². The third-order valence-electron chi connectivity index (χ3n) is 2.35. The summed E-state index contributed by atoms with van der Waals surface area (Å²) in [5.41, 5.74) is 1.78. The third-order valence-corrected chi connectivity index (χ3v) is 2.35. The Morgan fingerprint density at radius 1 is 1.29 bits per heavy atom. The van der Waals surface area contributed by atoms with E-state index in [1.54, 1.807) is 0 Å². The summed E-state index contributed by atoms with van der Waals surface area (Å²) < 4.78 is 10.7. The largest absolute Gasteiger partial charge is 0.463 e. The smallest absolute Gasteiger partial charge is 0.342 e. The zero-order chi connectivity index (χ0) is 12.6. The molecule has 1 aromatic heterocycles. The van der Waals surface area contributed by atoms with Crippen LogP contribution < -0.4 is 0 Å². The summed E-state index contributed by atoms with van der Waals surface area (Å²) in [5.74, 6) is -0.346. The third kappa shape index (κ3) is 2.49. The van der Waals surface area contributed by atoms with Gasteiger partial charge in [0.15, 0.2) is 0 Å². The number of aryl methyl sites for hydroxylation is 1. The van der Waals surface area contributed by atoms with E-state index < -0.39 is 5.60 Å². The number of esters is 1. The van der Waals surface area contributed by atoms with Gasteiger partial charge in [-0.15, -0.1) is 0 Å². The monoisotopic (exact) mass is 232 g/mol. The van der Waals surface area contributed by atoms with Crippen LogP contribution in [0, 0.1) is 6.92 Å². The molecule has 0 aliphatic carbocycles. The van der Waals surface area contributed by atoms with Crippen LogP contribution in [0.4, 0.5) is 0 Å². The topological polar surface area (TPSA) is 39.4 Å². The highest BCUT2D eigenvalue weighted by Gasteiger charge is 2.21. The first kappa shape index (κ1) is 11.7. The van der Waals surface area contributed by atoms with Crippen molar-refractivity contribution in [1.29, 1.82) is 0 Å². The molecule has 0 aliphatic heterocycles. The Bertz CT molecular complexity index is 558. The summed E-state index contributed by atoms with van der Waals surface area (Å²) in [6.45, 7) is 7.51.